The number of aliphatic hydroxyl groups excluding tert-OH is 1. The Labute approximate surface area is 135 Å². The number of hydrogen-bond donors (Lipinski definition) is 4. The van der Waals surface area contributed by atoms with Gasteiger partial charge >= 0.3 is 0 Å². The van der Waals surface area contributed by atoms with E-state index in [2.05, 4.69) is 31.4 Å². The molecule has 0 bridgehead atoms. The van der Waals surface area contributed by atoms with Gasteiger partial charge in [-0.2, -0.15) is 0 Å². The summed E-state index contributed by atoms with van der Waals surface area (Å²) in [6.45, 7) is 5.68. The molecule has 1 rings (SSSR count). The maximum atomic E-state index is 11.9. The van der Waals surface area contributed by atoms with Crippen molar-refractivity contribution in [1.82, 2.24) is 10.6 Å². The van der Waals surface area contributed by atoms with Gasteiger partial charge in [0.05, 0.1) is 13.1 Å². The Morgan fingerprint density at radius 2 is 1.70 bits per heavy atom. The minimum absolute atomic E-state index is 0.00382. The van der Waals surface area contributed by atoms with E-state index in [4.69, 9.17) is 10.8 Å². The first kappa shape index (κ1) is 18.6. The van der Waals surface area contributed by atoms with E-state index in [1.807, 2.05) is 12.1 Å². The van der Waals surface area contributed by atoms with Crippen LogP contribution in [-0.4, -0.2) is 42.0 Å². The van der Waals surface area contributed by atoms with Crippen molar-refractivity contribution in [2.24, 2.45) is 5.73 Å². The van der Waals surface area contributed by atoms with Gasteiger partial charge in [-0.1, -0.05) is 32.9 Å². The van der Waals surface area contributed by atoms with Gasteiger partial charge in [0.25, 0.3) is 5.91 Å². The number of aliphatic hydroxyl groups is 1. The number of hydrogen-bond acceptors (Lipinski definition) is 4. The standard InChI is InChI=1S/C16H23N3O4/c1-16(2,3)11-6-4-10(5-7-11)15(23)19-9-13(21)18-8-12(20)14(17)22/h4-7,12,20H,8-9H2,1-3H3,(H2,17,22)(H,18,21)(H,19,23)/t12-/m0/s1. The van der Waals surface area contributed by atoms with Crippen LogP contribution in [0.1, 0.15) is 36.7 Å². The van der Waals surface area contributed by atoms with Crippen LogP contribution in [0.2, 0.25) is 0 Å². The minimum Gasteiger partial charge on any atom is -0.381 e. The van der Waals surface area contributed by atoms with E-state index >= 15 is 0 Å². The molecule has 0 heterocycles. The highest BCUT2D eigenvalue weighted by Crippen LogP contribution is 2.22. The lowest BCUT2D eigenvalue weighted by Crippen LogP contribution is -2.43. The van der Waals surface area contributed by atoms with Gasteiger partial charge in [-0.3, -0.25) is 14.4 Å². The molecule has 0 saturated heterocycles. The maximum Gasteiger partial charge on any atom is 0.251 e. The summed E-state index contributed by atoms with van der Waals surface area (Å²) < 4.78 is 0. The summed E-state index contributed by atoms with van der Waals surface area (Å²) in [5, 5.41) is 13.9. The highest BCUT2D eigenvalue weighted by atomic mass is 16.3. The largest absolute Gasteiger partial charge is 0.381 e. The van der Waals surface area contributed by atoms with Crippen LogP contribution in [0, 0.1) is 0 Å². The monoisotopic (exact) mass is 321 g/mol. The summed E-state index contributed by atoms with van der Waals surface area (Å²) in [6, 6.07) is 7.14. The van der Waals surface area contributed by atoms with Crippen molar-refractivity contribution < 1.29 is 19.5 Å². The molecular formula is C16H23N3O4. The third-order valence-electron chi connectivity index (χ3n) is 3.24. The summed E-state index contributed by atoms with van der Waals surface area (Å²) in [4.78, 5) is 34.1. The second-order valence-corrected chi connectivity index (χ2v) is 6.23. The first-order chi connectivity index (χ1) is 10.6. The Balaban J connectivity index is 2.47. The molecule has 0 spiro atoms. The minimum atomic E-state index is -1.44. The molecule has 3 amide bonds. The van der Waals surface area contributed by atoms with Gasteiger partial charge in [0.2, 0.25) is 11.8 Å². The summed E-state index contributed by atoms with van der Waals surface area (Å²) in [6.07, 6.45) is -1.44. The second-order valence-electron chi connectivity index (χ2n) is 6.23. The molecular weight excluding hydrogens is 298 g/mol. The van der Waals surface area contributed by atoms with Gasteiger partial charge in [-0.05, 0) is 23.1 Å². The normalized spacial score (nSPS) is 12.3. The van der Waals surface area contributed by atoms with Crippen LogP contribution in [0.3, 0.4) is 0 Å². The van der Waals surface area contributed by atoms with E-state index in [1.165, 1.54) is 0 Å². The lowest BCUT2D eigenvalue weighted by atomic mass is 9.87. The fourth-order valence-electron chi connectivity index (χ4n) is 1.76. The fraction of sp³-hybridized carbons (Fsp3) is 0.438. The van der Waals surface area contributed by atoms with E-state index in [0.717, 1.165) is 5.56 Å². The predicted molar refractivity (Wildman–Crippen MR) is 85.7 cm³/mol. The molecule has 7 heteroatoms. The number of rotatable bonds is 6. The Bertz CT molecular complexity index is 576. The van der Waals surface area contributed by atoms with Crippen LogP contribution in [0.5, 0.6) is 0 Å². The number of primary amides is 1. The summed E-state index contributed by atoms with van der Waals surface area (Å²) in [5.41, 5.74) is 6.40. The average molecular weight is 321 g/mol. The smallest absolute Gasteiger partial charge is 0.251 e. The second kappa shape index (κ2) is 7.73. The SMILES string of the molecule is CC(C)(C)c1ccc(C(=O)NCC(=O)NC[C@H](O)C(N)=O)cc1. The van der Waals surface area contributed by atoms with Gasteiger partial charge in [0.15, 0.2) is 0 Å². The Kier molecular flexibility index (Phi) is 6.27. The Morgan fingerprint density at radius 1 is 1.13 bits per heavy atom. The zero-order valence-corrected chi connectivity index (χ0v) is 13.6. The third kappa shape index (κ3) is 6.07. The van der Waals surface area contributed by atoms with E-state index in [1.54, 1.807) is 12.1 Å². The highest BCUT2D eigenvalue weighted by molar-refractivity contribution is 5.96. The summed E-state index contributed by atoms with van der Waals surface area (Å²) in [7, 11) is 0. The molecule has 0 aliphatic rings. The third-order valence-corrected chi connectivity index (χ3v) is 3.24. The van der Waals surface area contributed by atoms with Crippen LogP contribution in [-0.2, 0) is 15.0 Å². The lowest BCUT2D eigenvalue weighted by molar-refractivity contribution is -0.126. The Morgan fingerprint density at radius 3 is 2.17 bits per heavy atom. The first-order valence-electron chi connectivity index (χ1n) is 7.24. The number of nitrogens with two attached hydrogens (primary N) is 1. The van der Waals surface area contributed by atoms with Crippen molar-refractivity contribution in [3.8, 4) is 0 Å². The number of amides is 3. The molecule has 1 atom stereocenters. The highest BCUT2D eigenvalue weighted by Gasteiger charge is 2.15. The summed E-state index contributed by atoms with van der Waals surface area (Å²) >= 11 is 0. The molecule has 0 saturated carbocycles. The van der Waals surface area contributed by atoms with E-state index in [-0.39, 0.29) is 24.4 Å². The van der Waals surface area contributed by atoms with Gasteiger partial charge in [-0.15, -0.1) is 0 Å². The Hall–Kier alpha value is -2.41. The van der Waals surface area contributed by atoms with Crippen molar-refractivity contribution in [2.45, 2.75) is 32.3 Å². The molecule has 0 aromatic heterocycles. The topological polar surface area (TPSA) is 122 Å². The quantitative estimate of drug-likeness (QED) is 0.573. The van der Waals surface area contributed by atoms with Gasteiger partial charge in [-0.25, -0.2) is 0 Å². The molecule has 0 aliphatic heterocycles. The van der Waals surface area contributed by atoms with E-state index < -0.39 is 17.9 Å². The average Bonchev–Trinajstić information content (AvgIpc) is 2.49. The number of benzene rings is 1. The predicted octanol–water partition coefficient (Wildman–Crippen LogP) is -0.324. The molecule has 0 unspecified atom stereocenters. The molecule has 1 aromatic rings. The van der Waals surface area contributed by atoms with Crippen LogP contribution < -0.4 is 16.4 Å². The zero-order chi connectivity index (χ0) is 17.6. The molecule has 0 aliphatic carbocycles. The number of nitrogens with one attached hydrogen (secondary N) is 2. The molecule has 1 aromatic carbocycles. The maximum absolute atomic E-state index is 11.9. The zero-order valence-electron chi connectivity index (χ0n) is 13.6. The van der Waals surface area contributed by atoms with Crippen molar-refractivity contribution in [3.05, 3.63) is 35.4 Å². The van der Waals surface area contributed by atoms with Gasteiger partial charge in [0, 0.05) is 5.56 Å². The van der Waals surface area contributed by atoms with Crippen LogP contribution in [0.25, 0.3) is 0 Å². The molecule has 126 valence electrons. The van der Waals surface area contributed by atoms with Crippen molar-refractivity contribution in [1.29, 1.82) is 0 Å². The molecule has 23 heavy (non-hydrogen) atoms. The lowest BCUT2D eigenvalue weighted by Gasteiger charge is -2.19. The van der Waals surface area contributed by atoms with E-state index in [0.29, 0.717) is 5.56 Å². The van der Waals surface area contributed by atoms with E-state index in [9.17, 15) is 14.4 Å². The number of carbonyl (C=O) groups excluding carboxylic acids is 3. The van der Waals surface area contributed by atoms with Gasteiger partial charge < -0.3 is 21.5 Å². The van der Waals surface area contributed by atoms with Crippen LogP contribution in [0.15, 0.2) is 24.3 Å². The van der Waals surface area contributed by atoms with Crippen molar-refractivity contribution in [3.63, 3.8) is 0 Å². The van der Waals surface area contributed by atoms with Crippen LogP contribution >= 0.6 is 0 Å². The van der Waals surface area contributed by atoms with Crippen molar-refractivity contribution >= 4 is 17.7 Å². The molecule has 7 nitrogen and oxygen atoms in total. The number of carbonyl (C=O) groups is 3. The summed E-state index contributed by atoms with van der Waals surface area (Å²) in [5.74, 6) is -1.82. The molecule has 5 N–H and O–H groups in total. The molecule has 0 fully saturated rings. The first-order valence-corrected chi connectivity index (χ1v) is 7.24. The van der Waals surface area contributed by atoms with Gasteiger partial charge in [0.1, 0.15) is 6.10 Å². The fourth-order valence-corrected chi connectivity index (χ4v) is 1.76. The van der Waals surface area contributed by atoms with Crippen molar-refractivity contribution in [2.75, 3.05) is 13.1 Å². The van der Waals surface area contributed by atoms with Crippen LogP contribution in [0.4, 0.5) is 0 Å². The molecule has 0 radical (unpaired) electrons.